The Hall–Kier alpha value is -2.47. The Balaban J connectivity index is 1.68. The number of ether oxygens (including phenoxy) is 1. The number of halogens is 1. The minimum atomic E-state index is 0.462. The lowest BCUT2D eigenvalue weighted by Gasteiger charge is -2.10. The second-order valence-electron chi connectivity index (χ2n) is 4.86. The highest BCUT2D eigenvalue weighted by Crippen LogP contribution is 2.17. The van der Waals surface area contributed by atoms with E-state index in [1.54, 1.807) is 6.07 Å². The van der Waals surface area contributed by atoms with Crippen molar-refractivity contribution in [2.45, 2.75) is 19.9 Å². The molecule has 0 unspecified atom stereocenters. The minimum absolute atomic E-state index is 0.462. The van der Waals surface area contributed by atoms with Gasteiger partial charge in [0, 0.05) is 6.07 Å². The number of hydrogen-bond donors (Lipinski definition) is 1. The molecule has 3 rings (SSSR count). The predicted octanol–water partition coefficient (Wildman–Crippen LogP) is 3.27. The van der Waals surface area contributed by atoms with Crippen LogP contribution in [0.25, 0.3) is 0 Å². The highest BCUT2D eigenvalue weighted by atomic mass is 35.5. The fourth-order valence-corrected chi connectivity index (χ4v) is 2.10. The fourth-order valence-electron chi connectivity index (χ4n) is 2.01. The molecule has 0 aromatic carbocycles. The van der Waals surface area contributed by atoms with E-state index in [9.17, 15) is 0 Å². The van der Waals surface area contributed by atoms with Gasteiger partial charge in [-0.2, -0.15) is 4.98 Å². The topological polar surface area (TPSA) is 72.8 Å². The first-order valence-corrected chi connectivity index (χ1v) is 7.51. The number of nitrogens with zero attached hydrogens (tertiary/aromatic N) is 4. The Morgan fingerprint density at radius 1 is 1.26 bits per heavy atom. The van der Waals surface area contributed by atoms with Crippen molar-refractivity contribution in [2.75, 3.05) is 5.32 Å². The number of hydrogen-bond acceptors (Lipinski definition) is 6. The van der Waals surface area contributed by atoms with Gasteiger partial charge in [0.25, 0.3) is 0 Å². The molecule has 1 radical (unpaired) electrons. The molecule has 0 atom stereocenters. The standard InChI is InChI=1S/C16H15ClN5O/c1-11-21-13(10-20-16-18-8-12(17)9-19-16)7-15(22-11)23-14-5-3-2-4-6-14/h2-3,5-9H,4,10H2,1H3,(H,18,19,20). The number of anilines is 1. The largest absolute Gasteiger partial charge is 0.439 e. The van der Waals surface area contributed by atoms with Crippen molar-refractivity contribution in [3.63, 3.8) is 0 Å². The zero-order chi connectivity index (χ0) is 16.1. The zero-order valence-corrected chi connectivity index (χ0v) is 13.3. The number of rotatable bonds is 5. The average Bonchev–Trinajstić information content (AvgIpc) is 2.55. The maximum Gasteiger partial charge on any atom is 0.222 e. The van der Waals surface area contributed by atoms with Crippen molar-refractivity contribution in [1.82, 2.24) is 19.9 Å². The average molecular weight is 329 g/mol. The SMILES string of the molecule is Cc1nc(CNc2ncc(Cl)cn2)cc(OC2=CC[CH]C=C2)n1. The molecule has 0 spiro atoms. The van der Waals surface area contributed by atoms with E-state index >= 15 is 0 Å². The highest BCUT2D eigenvalue weighted by molar-refractivity contribution is 6.30. The van der Waals surface area contributed by atoms with E-state index in [1.807, 2.05) is 25.2 Å². The Labute approximate surface area is 139 Å². The second kappa shape index (κ2) is 7.19. The first kappa shape index (κ1) is 15.4. The fraction of sp³-hybridized carbons (Fsp3) is 0.188. The molecule has 0 amide bonds. The van der Waals surface area contributed by atoms with Gasteiger partial charge in [-0.25, -0.2) is 15.0 Å². The third kappa shape index (κ3) is 4.50. The van der Waals surface area contributed by atoms with Crippen LogP contribution in [-0.2, 0) is 6.54 Å². The van der Waals surface area contributed by atoms with Crippen molar-refractivity contribution in [3.8, 4) is 5.88 Å². The summed E-state index contributed by atoms with van der Waals surface area (Å²) in [6, 6.07) is 1.79. The molecule has 2 heterocycles. The molecule has 1 aliphatic rings. The van der Waals surface area contributed by atoms with Crippen molar-refractivity contribution in [1.29, 1.82) is 0 Å². The van der Waals surface area contributed by atoms with Crippen LogP contribution < -0.4 is 10.1 Å². The summed E-state index contributed by atoms with van der Waals surface area (Å²) in [7, 11) is 0. The van der Waals surface area contributed by atoms with Crippen molar-refractivity contribution in [2.24, 2.45) is 0 Å². The van der Waals surface area contributed by atoms with Gasteiger partial charge in [-0.1, -0.05) is 17.7 Å². The molecule has 1 aliphatic carbocycles. The van der Waals surface area contributed by atoms with Crippen LogP contribution in [0.3, 0.4) is 0 Å². The van der Waals surface area contributed by atoms with Crippen molar-refractivity contribution < 1.29 is 4.74 Å². The molecule has 0 saturated carbocycles. The molecule has 2 aromatic heterocycles. The third-order valence-electron chi connectivity index (χ3n) is 2.99. The molecular formula is C16H15ClN5O. The lowest BCUT2D eigenvalue weighted by atomic mass is 10.2. The summed E-state index contributed by atoms with van der Waals surface area (Å²) >= 11 is 5.76. The third-order valence-corrected chi connectivity index (χ3v) is 3.18. The number of nitrogens with one attached hydrogen (secondary N) is 1. The summed E-state index contributed by atoms with van der Waals surface area (Å²) in [6.45, 7) is 2.29. The molecule has 7 heteroatoms. The quantitative estimate of drug-likeness (QED) is 0.908. The molecular weight excluding hydrogens is 314 g/mol. The smallest absolute Gasteiger partial charge is 0.222 e. The van der Waals surface area contributed by atoms with Crippen LogP contribution >= 0.6 is 11.6 Å². The normalized spacial score (nSPS) is 13.6. The Kier molecular flexibility index (Phi) is 4.83. The van der Waals surface area contributed by atoms with E-state index in [-0.39, 0.29) is 0 Å². The molecule has 23 heavy (non-hydrogen) atoms. The van der Waals surface area contributed by atoms with Gasteiger partial charge in [-0.3, -0.25) is 0 Å². The maximum absolute atomic E-state index is 5.77. The Morgan fingerprint density at radius 2 is 2.09 bits per heavy atom. The summed E-state index contributed by atoms with van der Waals surface area (Å²) in [5.74, 6) is 2.43. The molecule has 0 bridgehead atoms. The van der Waals surface area contributed by atoms with Gasteiger partial charge >= 0.3 is 0 Å². The van der Waals surface area contributed by atoms with Crippen LogP contribution in [0.4, 0.5) is 5.95 Å². The predicted molar refractivity (Wildman–Crippen MR) is 87.9 cm³/mol. The van der Waals surface area contributed by atoms with Crippen LogP contribution in [0, 0.1) is 13.3 Å². The van der Waals surface area contributed by atoms with E-state index < -0.39 is 0 Å². The molecule has 0 saturated heterocycles. The number of aromatic nitrogens is 4. The second-order valence-corrected chi connectivity index (χ2v) is 5.30. The minimum Gasteiger partial charge on any atom is -0.439 e. The maximum atomic E-state index is 5.77. The van der Waals surface area contributed by atoms with Gasteiger partial charge in [-0.05, 0) is 31.9 Å². The molecule has 1 N–H and O–H groups in total. The Bertz CT molecular complexity index is 743. The van der Waals surface area contributed by atoms with E-state index in [0.29, 0.717) is 29.2 Å². The van der Waals surface area contributed by atoms with Crippen LogP contribution in [0.5, 0.6) is 5.88 Å². The monoisotopic (exact) mass is 328 g/mol. The zero-order valence-electron chi connectivity index (χ0n) is 12.5. The molecule has 0 fully saturated rings. The van der Waals surface area contributed by atoms with Gasteiger partial charge in [0.05, 0.1) is 29.7 Å². The van der Waals surface area contributed by atoms with Gasteiger partial charge in [0.2, 0.25) is 11.8 Å². The van der Waals surface area contributed by atoms with Gasteiger partial charge in [0.1, 0.15) is 11.6 Å². The molecule has 117 valence electrons. The number of aryl methyl sites for hydroxylation is 1. The van der Waals surface area contributed by atoms with Crippen LogP contribution in [0.2, 0.25) is 5.02 Å². The van der Waals surface area contributed by atoms with Crippen LogP contribution in [-0.4, -0.2) is 19.9 Å². The summed E-state index contributed by atoms with van der Waals surface area (Å²) in [6.07, 6.45) is 11.9. The van der Waals surface area contributed by atoms with Gasteiger partial charge in [-0.15, -0.1) is 0 Å². The van der Waals surface area contributed by atoms with Gasteiger partial charge < -0.3 is 10.1 Å². The summed E-state index contributed by atoms with van der Waals surface area (Å²) < 4.78 is 5.77. The van der Waals surface area contributed by atoms with Crippen molar-refractivity contribution >= 4 is 17.5 Å². The van der Waals surface area contributed by atoms with E-state index in [4.69, 9.17) is 16.3 Å². The summed E-state index contributed by atoms with van der Waals surface area (Å²) in [5, 5.41) is 3.58. The van der Waals surface area contributed by atoms with Crippen LogP contribution in [0.1, 0.15) is 17.9 Å². The molecule has 6 nitrogen and oxygen atoms in total. The molecule has 0 aliphatic heterocycles. The van der Waals surface area contributed by atoms with Crippen LogP contribution in [0.15, 0.2) is 42.4 Å². The number of allylic oxidation sites excluding steroid dienone is 3. The first-order chi connectivity index (χ1) is 11.2. The highest BCUT2D eigenvalue weighted by Gasteiger charge is 2.07. The van der Waals surface area contributed by atoms with E-state index in [0.717, 1.165) is 17.9 Å². The van der Waals surface area contributed by atoms with Crippen molar-refractivity contribution in [3.05, 3.63) is 65.4 Å². The lowest BCUT2D eigenvalue weighted by Crippen LogP contribution is -2.07. The van der Waals surface area contributed by atoms with Gasteiger partial charge in [0.15, 0.2) is 0 Å². The Morgan fingerprint density at radius 3 is 2.83 bits per heavy atom. The summed E-state index contributed by atoms with van der Waals surface area (Å²) in [5.41, 5.74) is 0.790. The van der Waals surface area contributed by atoms with E-state index in [1.165, 1.54) is 12.4 Å². The lowest BCUT2D eigenvalue weighted by molar-refractivity contribution is 0.420. The molecule has 2 aromatic rings. The van der Waals surface area contributed by atoms with E-state index in [2.05, 4.69) is 31.7 Å². The first-order valence-electron chi connectivity index (χ1n) is 7.13. The summed E-state index contributed by atoms with van der Waals surface area (Å²) in [4.78, 5) is 16.8.